The molecule has 2 aromatic heterocycles. The van der Waals surface area contributed by atoms with E-state index in [2.05, 4.69) is 5.32 Å². The first kappa shape index (κ1) is 19.9. The molecule has 0 unspecified atom stereocenters. The van der Waals surface area contributed by atoms with E-state index in [-0.39, 0.29) is 11.7 Å². The van der Waals surface area contributed by atoms with Gasteiger partial charge in [-0.3, -0.25) is 9.59 Å². The van der Waals surface area contributed by atoms with Crippen LogP contribution >= 0.6 is 22.7 Å². The van der Waals surface area contributed by atoms with Gasteiger partial charge in [0.15, 0.2) is 11.5 Å². The molecule has 0 saturated carbocycles. The highest BCUT2D eigenvalue weighted by Gasteiger charge is 2.13. The van der Waals surface area contributed by atoms with Gasteiger partial charge in [-0.15, -0.1) is 22.7 Å². The molecule has 0 bridgehead atoms. The van der Waals surface area contributed by atoms with Crippen LogP contribution in [0.5, 0.6) is 11.5 Å². The number of ketones is 1. The van der Waals surface area contributed by atoms with E-state index in [1.54, 1.807) is 38.5 Å². The molecule has 0 saturated heterocycles. The fraction of sp³-hybridized carbons (Fsp3) is 0.143. The third kappa shape index (κ3) is 4.88. The lowest BCUT2D eigenvalue weighted by Crippen LogP contribution is -2.19. The third-order valence-electron chi connectivity index (χ3n) is 3.90. The smallest absolute Gasteiger partial charge is 0.244 e. The van der Waals surface area contributed by atoms with Gasteiger partial charge in [0.25, 0.3) is 0 Å². The second kappa shape index (κ2) is 9.34. The van der Waals surface area contributed by atoms with Crippen LogP contribution in [0.25, 0.3) is 6.08 Å². The number of ether oxygens (including phenoxy) is 2. The predicted molar refractivity (Wildman–Crippen MR) is 112 cm³/mol. The van der Waals surface area contributed by atoms with Gasteiger partial charge in [-0.2, -0.15) is 0 Å². The maximum Gasteiger partial charge on any atom is 0.244 e. The first-order valence-electron chi connectivity index (χ1n) is 8.45. The van der Waals surface area contributed by atoms with Crippen LogP contribution in [0.1, 0.15) is 25.0 Å². The minimum Gasteiger partial charge on any atom is -0.493 e. The summed E-state index contributed by atoms with van der Waals surface area (Å²) >= 11 is 2.82. The van der Waals surface area contributed by atoms with Gasteiger partial charge in [-0.25, -0.2) is 0 Å². The number of methoxy groups -OCH3 is 2. The van der Waals surface area contributed by atoms with E-state index in [0.717, 1.165) is 15.3 Å². The monoisotopic (exact) mass is 413 g/mol. The number of hydrogen-bond donors (Lipinski definition) is 1. The molecule has 2 heterocycles. The molecule has 1 N–H and O–H groups in total. The van der Waals surface area contributed by atoms with E-state index in [0.29, 0.717) is 22.9 Å². The number of thiophene rings is 2. The molecule has 0 aliphatic carbocycles. The molecular formula is C21H19NO4S2. The molecule has 0 atom stereocenters. The number of benzene rings is 1. The highest BCUT2D eigenvalue weighted by atomic mass is 32.1. The van der Waals surface area contributed by atoms with E-state index < -0.39 is 0 Å². The topological polar surface area (TPSA) is 64.6 Å². The zero-order chi connectivity index (χ0) is 19.9. The minimum absolute atomic E-state index is 0.0194. The first-order chi connectivity index (χ1) is 13.6. The Morgan fingerprint density at radius 1 is 1.04 bits per heavy atom. The summed E-state index contributed by atoms with van der Waals surface area (Å²) in [4.78, 5) is 26.7. The van der Waals surface area contributed by atoms with Gasteiger partial charge in [-0.05, 0) is 47.4 Å². The number of amides is 1. The van der Waals surface area contributed by atoms with Crippen molar-refractivity contribution in [2.75, 3.05) is 14.2 Å². The van der Waals surface area contributed by atoms with E-state index in [4.69, 9.17) is 9.47 Å². The highest BCUT2D eigenvalue weighted by Crippen LogP contribution is 2.28. The maximum absolute atomic E-state index is 12.3. The Bertz CT molecular complexity index is 990. The van der Waals surface area contributed by atoms with E-state index >= 15 is 0 Å². The van der Waals surface area contributed by atoms with Crippen molar-refractivity contribution in [3.8, 4) is 11.5 Å². The van der Waals surface area contributed by atoms with Gasteiger partial charge in [0.1, 0.15) is 0 Å². The molecule has 3 rings (SSSR count). The molecule has 0 aliphatic rings. The molecule has 7 heteroatoms. The fourth-order valence-electron chi connectivity index (χ4n) is 2.49. The van der Waals surface area contributed by atoms with Crippen LogP contribution in [0.3, 0.4) is 0 Å². The van der Waals surface area contributed by atoms with Crippen molar-refractivity contribution in [3.63, 3.8) is 0 Å². The number of nitrogens with one attached hydrogen (secondary N) is 1. The zero-order valence-corrected chi connectivity index (χ0v) is 17.1. The summed E-state index contributed by atoms with van der Waals surface area (Å²) in [6, 6.07) is 12.8. The second-order valence-corrected chi connectivity index (χ2v) is 7.85. The van der Waals surface area contributed by atoms with Gasteiger partial charge < -0.3 is 14.8 Å². The normalized spacial score (nSPS) is 10.8. The molecule has 1 amide bonds. The molecule has 0 radical (unpaired) electrons. The van der Waals surface area contributed by atoms with Crippen molar-refractivity contribution in [3.05, 3.63) is 74.1 Å². The Hall–Kier alpha value is -2.90. The van der Waals surface area contributed by atoms with Gasteiger partial charge in [0.05, 0.1) is 30.5 Å². The average molecular weight is 414 g/mol. The summed E-state index contributed by atoms with van der Waals surface area (Å²) < 4.78 is 10.4. The molecule has 0 aliphatic heterocycles. The summed E-state index contributed by atoms with van der Waals surface area (Å²) in [5, 5.41) is 4.71. The van der Waals surface area contributed by atoms with Gasteiger partial charge in [0.2, 0.25) is 11.7 Å². The Balaban J connectivity index is 1.56. The fourth-order valence-corrected chi connectivity index (χ4v) is 4.13. The summed E-state index contributed by atoms with van der Waals surface area (Å²) in [6.07, 6.45) is 3.17. The Labute approximate surface area is 171 Å². The zero-order valence-electron chi connectivity index (χ0n) is 15.4. The number of hydrogen-bond acceptors (Lipinski definition) is 6. The van der Waals surface area contributed by atoms with Gasteiger partial charge in [0, 0.05) is 11.0 Å². The van der Waals surface area contributed by atoms with Crippen molar-refractivity contribution >= 4 is 40.4 Å². The Morgan fingerprint density at radius 3 is 2.57 bits per heavy atom. The number of carbonyl (C=O) groups is 2. The quantitative estimate of drug-likeness (QED) is 0.439. The van der Waals surface area contributed by atoms with E-state index in [1.807, 2.05) is 29.6 Å². The second-order valence-electron chi connectivity index (χ2n) is 5.74. The summed E-state index contributed by atoms with van der Waals surface area (Å²) in [5.74, 6) is 1.04. The molecule has 1 aromatic carbocycles. The lowest BCUT2D eigenvalue weighted by Gasteiger charge is -2.07. The lowest BCUT2D eigenvalue weighted by atomic mass is 10.2. The number of carbonyl (C=O) groups excluding carboxylic acids is 2. The molecule has 3 aromatic rings. The standard InChI is InChI=1S/C21H19NO4S2/c1-25-16-8-5-14(12-17(16)26-2)6-10-20(23)22-13-15-7-9-19(28-15)21(24)18-4-3-11-27-18/h3-12H,13H2,1-2H3,(H,22,23)/b10-6+. The summed E-state index contributed by atoms with van der Waals surface area (Å²) in [6.45, 7) is 0.373. The summed E-state index contributed by atoms with van der Waals surface area (Å²) in [5.41, 5.74) is 0.827. The van der Waals surface area contributed by atoms with Crippen LogP contribution in [0.2, 0.25) is 0 Å². The molecule has 144 valence electrons. The van der Waals surface area contributed by atoms with Crippen molar-refractivity contribution in [2.45, 2.75) is 6.54 Å². The largest absolute Gasteiger partial charge is 0.493 e. The van der Waals surface area contributed by atoms with Crippen molar-refractivity contribution < 1.29 is 19.1 Å². The van der Waals surface area contributed by atoms with Crippen LogP contribution in [0.15, 0.2) is 53.9 Å². The summed E-state index contributed by atoms with van der Waals surface area (Å²) in [7, 11) is 3.14. The van der Waals surface area contributed by atoms with Crippen LogP contribution < -0.4 is 14.8 Å². The molecule has 0 spiro atoms. The van der Waals surface area contributed by atoms with Crippen molar-refractivity contribution in [1.82, 2.24) is 5.32 Å². The number of rotatable bonds is 8. The van der Waals surface area contributed by atoms with Crippen LogP contribution in [0, 0.1) is 0 Å². The van der Waals surface area contributed by atoms with Crippen LogP contribution in [-0.4, -0.2) is 25.9 Å². The lowest BCUT2D eigenvalue weighted by molar-refractivity contribution is -0.116. The molecular weight excluding hydrogens is 394 g/mol. The molecule has 28 heavy (non-hydrogen) atoms. The first-order valence-corrected chi connectivity index (χ1v) is 10.1. The SMILES string of the molecule is COc1ccc(/C=C/C(=O)NCc2ccc(C(=O)c3cccs3)s2)cc1OC. The maximum atomic E-state index is 12.3. The Morgan fingerprint density at radius 2 is 1.86 bits per heavy atom. The highest BCUT2D eigenvalue weighted by molar-refractivity contribution is 7.16. The third-order valence-corrected chi connectivity index (χ3v) is 5.85. The Kier molecular flexibility index (Phi) is 6.62. The van der Waals surface area contributed by atoms with Gasteiger partial charge in [-0.1, -0.05) is 12.1 Å². The van der Waals surface area contributed by atoms with Crippen molar-refractivity contribution in [1.29, 1.82) is 0 Å². The van der Waals surface area contributed by atoms with Crippen LogP contribution in [0.4, 0.5) is 0 Å². The predicted octanol–water partition coefficient (Wildman–Crippen LogP) is 4.39. The van der Waals surface area contributed by atoms with Crippen LogP contribution in [-0.2, 0) is 11.3 Å². The average Bonchev–Trinajstić information content (AvgIpc) is 3.42. The van der Waals surface area contributed by atoms with Crippen molar-refractivity contribution in [2.24, 2.45) is 0 Å². The van der Waals surface area contributed by atoms with E-state index in [9.17, 15) is 9.59 Å². The molecule has 0 fully saturated rings. The van der Waals surface area contributed by atoms with E-state index in [1.165, 1.54) is 28.7 Å². The molecule has 5 nitrogen and oxygen atoms in total. The minimum atomic E-state index is -0.214. The van der Waals surface area contributed by atoms with Gasteiger partial charge >= 0.3 is 0 Å².